The van der Waals surface area contributed by atoms with Gasteiger partial charge in [0.2, 0.25) is 5.91 Å². The lowest BCUT2D eigenvalue weighted by molar-refractivity contribution is -0.128. The molecule has 0 unspecified atom stereocenters. The summed E-state index contributed by atoms with van der Waals surface area (Å²) in [5, 5.41) is 0. The van der Waals surface area contributed by atoms with Gasteiger partial charge in [0.05, 0.1) is 11.6 Å². The van der Waals surface area contributed by atoms with Crippen LogP contribution in [0.3, 0.4) is 0 Å². The number of carbonyl (C=O) groups excluding carboxylic acids is 1. The van der Waals surface area contributed by atoms with Gasteiger partial charge in [-0.2, -0.15) is 0 Å². The van der Waals surface area contributed by atoms with Crippen LogP contribution in [0.5, 0.6) is 5.75 Å². The SMILES string of the molecule is COc1ccc(CN(C)C(C)=O)cc1Br. The summed E-state index contributed by atoms with van der Waals surface area (Å²) in [6.45, 7) is 2.16. The molecule has 0 aliphatic heterocycles. The van der Waals surface area contributed by atoms with Crippen molar-refractivity contribution in [2.24, 2.45) is 0 Å². The number of methoxy groups -OCH3 is 1. The Hall–Kier alpha value is -1.03. The molecule has 0 atom stereocenters. The molecule has 1 aromatic rings. The minimum Gasteiger partial charge on any atom is -0.496 e. The predicted octanol–water partition coefficient (Wildman–Crippen LogP) is 2.44. The summed E-state index contributed by atoms with van der Waals surface area (Å²) in [6.07, 6.45) is 0. The van der Waals surface area contributed by atoms with Gasteiger partial charge in [-0.05, 0) is 33.6 Å². The van der Waals surface area contributed by atoms with Gasteiger partial charge < -0.3 is 9.64 Å². The molecule has 3 nitrogen and oxygen atoms in total. The first kappa shape index (κ1) is 12.0. The first-order valence-electron chi connectivity index (χ1n) is 4.58. The van der Waals surface area contributed by atoms with E-state index in [9.17, 15) is 4.79 Å². The maximum absolute atomic E-state index is 11.0. The number of ether oxygens (including phenoxy) is 1. The van der Waals surface area contributed by atoms with Crippen LogP contribution in [-0.2, 0) is 11.3 Å². The number of halogens is 1. The van der Waals surface area contributed by atoms with Crippen LogP contribution in [0.25, 0.3) is 0 Å². The van der Waals surface area contributed by atoms with Gasteiger partial charge in [-0.15, -0.1) is 0 Å². The molecule has 82 valence electrons. The van der Waals surface area contributed by atoms with E-state index in [1.165, 1.54) is 0 Å². The third kappa shape index (κ3) is 3.23. The Kier molecular flexibility index (Phi) is 4.15. The number of amides is 1. The first-order valence-corrected chi connectivity index (χ1v) is 5.38. The zero-order chi connectivity index (χ0) is 11.4. The first-order chi connectivity index (χ1) is 7.04. The Morgan fingerprint density at radius 3 is 2.67 bits per heavy atom. The predicted molar refractivity (Wildman–Crippen MR) is 62.8 cm³/mol. The molecule has 0 N–H and O–H groups in total. The van der Waals surface area contributed by atoms with Crippen LogP contribution in [0.1, 0.15) is 12.5 Å². The van der Waals surface area contributed by atoms with Crippen LogP contribution < -0.4 is 4.74 Å². The summed E-state index contributed by atoms with van der Waals surface area (Å²) < 4.78 is 6.03. The van der Waals surface area contributed by atoms with Crippen LogP contribution in [0.2, 0.25) is 0 Å². The molecule has 0 radical (unpaired) electrons. The van der Waals surface area contributed by atoms with Crippen molar-refractivity contribution in [1.82, 2.24) is 4.90 Å². The smallest absolute Gasteiger partial charge is 0.219 e. The van der Waals surface area contributed by atoms with Gasteiger partial charge in [0.15, 0.2) is 0 Å². The highest BCUT2D eigenvalue weighted by molar-refractivity contribution is 9.10. The van der Waals surface area contributed by atoms with E-state index in [1.54, 1.807) is 26.0 Å². The monoisotopic (exact) mass is 271 g/mol. The second kappa shape index (κ2) is 5.16. The normalized spacial score (nSPS) is 9.87. The van der Waals surface area contributed by atoms with Crippen molar-refractivity contribution in [1.29, 1.82) is 0 Å². The standard InChI is InChI=1S/C11H14BrNO2/c1-8(14)13(2)7-9-4-5-11(15-3)10(12)6-9/h4-6H,7H2,1-3H3. The lowest BCUT2D eigenvalue weighted by Crippen LogP contribution is -2.22. The maximum atomic E-state index is 11.0. The number of nitrogens with zero attached hydrogens (tertiary/aromatic N) is 1. The van der Waals surface area contributed by atoms with Gasteiger partial charge in [-0.25, -0.2) is 0 Å². The second-order valence-electron chi connectivity index (χ2n) is 3.34. The summed E-state index contributed by atoms with van der Waals surface area (Å²) in [7, 11) is 3.40. The topological polar surface area (TPSA) is 29.5 Å². The van der Waals surface area contributed by atoms with Crippen molar-refractivity contribution in [2.75, 3.05) is 14.2 Å². The molecular weight excluding hydrogens is 258 g/mol. The van der Waals surface area contributed by atoms with E-state index in [4.69, 9.17) is 4.74 Å². The number of carbonyl (C=O) groups is 1. The molecule has 0 aliphatic rings. The number of hydrogen-bond acceptors (Lipinski definition) is 2. The molecule has 0 fully saturated rings. The number of rotatable bonds is 3. The van der Waals surface area contributed by atoms with Crippen molar-refractivity contribution in [3.8, 4) is 5.75 Å². The molecule has 0 aromatic heterocycles. The summed E-state index contributed by atoms with van der Waals surface area (Å²) in [4.78, 5) is 12.7. The molecule has 0 saturated carbocycles. The number of benzene rings is 1. The summed E-state index contributed by atoms with van der Waals surface area (Å²) in [5.74, 6) is 0.853. The van der Waals surface area contributed by atoms with Gasteiger partial charge in [0.25, 0.3) is 0 Å². The van der Waals surface area contributed by atoms with E-state index in [2.05, 4.69) is 15.9 Å². The van der Waals surface area contributed by atoms with Crippen LogP contribution in [0.4, 0.5) is 0 Å². The zero-order valence-corrected chi connectivity index (χ0v) is 10.7. The Morgan fingerprint density at radius 2 is 2.20 bits per heavy atom. The molecule has 0 spiro atoms. The van der Waals surface area contributed by atoms with Gasteiger partial charge in [-0.1, -0.05) is 6.07 Å². The van der Waals surface area contributed by atoms with Crippen molar-refractivity contribution in [3.05, 3.63) is 28.2 Å². The minimum atomic E-state index is 0.0574. The van der Waals surface area contributed by atoms with E-state index < -0.39 is 0 Å². The van der Waals surface area contributed by atoms with E-state index in [0.717, 1.165) is 15.8 Å². The molecule has 0 bridgehead atoms. The lowest BCUT2D eigenvalue weighted by atomic mass is 10.2. The fraction of sp³-hybridized carbons (Fsp3) is 0.364. The third-order valence-corrected chi connectivity index (χ3v) is 2.79. The van der Waals surface area contributed by atoms with Crippen molar-refractivity contribution in [2.45, 2.75) is 13.5 Å². The van der Waals surface area contributed by atoms with Gasteiger partial charge >= 0.3 is 0 Å². The van der Waals surface area contributed by atoms with E-state index in [-0.39, 0.29) is 5.91 Å². The fourth-order valence-corrected chi connectivity index (χ4v) is 1.78. The molecule has 15 heavy (non-hydrogen) atoms. The fourth-order valence-electron chi connectivity index (χ4n) is 1.19. The van der Waals surface area contributed by atoms with E-state index >= 15 is 0 Å². The van der Waals surface area contributed by atoms with E-state index in [1.807, 2.05) is 18.2 Å². The van der Waals surface area contributed by atoms with Crippen LogP contribution >= 0.6 is 15.9 Å². The average Bonchev–Trinajstić information content (AvgIpc) is 2.18. The summed E-state index contributed by atoms with van der Waals surface area (Å²) in [5.41, 5.74) is 1.07. The minimum absolute atomic E-state index is 0.0574. The molecule has 0 saturated heterocycles. The molecule has 1 aromatic carbocycles. The molecule has 0 aliphatic carbocycles. The zero-order valence-electron chi connectivity index (χ0n) is 9.08. The van der Waals surface area contributed by atoms with Crippen molar-refractivity contribution < 1.29 is 9.53 Å². The number of hydrogen-bond donors (Lipinski definition) is 0. The molecule has 4 heteroatoms. The Bertz CT molecular complexity index is 366. The maximum Gasteiger partial charge on any atom is 0.219 e. The third-order valence-electron chi connectivity index (χ3n) is 2.17. The average molecular weight is 272 g/mol. The van der Waals surface area contributed by atoms with Crippen molar-refractivity contribution >= 4 is 21.8 Å². The quantitative estimate of drug-likeness (QED) is 0.845. The van der Waals surface area contributed by atoms with E-state index in [0.29, 0.717) is 6.54 Å². The van der Waals surface area contributed by atoms with Crippen molar-refractivity contribution in [3.63, 3.8) is 0 Å². The summed E-state index contributed by atoms with van der Waals surface area (Å²) in [6, 6.07) is 5.79. The van der Waals surface area contributed by atoms with Crippen LogP contribution in [0.15, 0.2) is 22.7 Å². The van der Waals surface area contributed by atoms with Crippen LogP contribution in [-0.4, -0.2) is 25.0 Å². The van der Waals surface area contributed by atoms with Gasteiger partial charge in [0.1, 0.15) is 5.75 Å². The highest BCUT2D eigenvalue weighted by Crippen LogP contribution is 2.25. The Labute approximate surface area is 98.2 Å². The summed E-state index contributed by atoms with van der Waals surface area (Å²) >= 11 is 3.41. The molecule has 1 amide bonds. The molecule has 1 rings (SSSR count). The lowest BCUT2D eigenvalue weighted by Gasteiger charge is -2.15. The Balaban J connectivity index is 2.79. The molecular formula is C11H14BrNO2. The highest BCUT2D eigenvalue weighted by Gasteiger charge is 2.05. The van der Waals surface area contributed by atoms with Crippen LogP contribution in [0, 0.1) is 0 Å². The largest absolute Gasteiger partial charge is 0.496 e. The Morgan fingerprint density at radius 1 is 1.53 bits per heavy atom. The molecule has 0 heterocycles. The van der Waals surface area contributed by atoms with Gasteiger partial charge in [-0.3, -0.25) is 4.79 Å². The van der Waals surface area contributed by atoms with Gasteiger partial charge in [0, 0.05) is 20.5 Å². The highest BCUT2D eigenvalue weighted by atomic mass is 79.9. The second-order valence-corrected chi connectivity index (χ2v) is 4.20.